The van der Waals surface area contributed by atoms with Gasteiger partial charge in [-0.2, -0.15) is 5.26 Å². The zero-order chi connectivity index (χ0) is 13.5. The highest BCUT2D eigenvalue weighted by molar-refractivity contribution is 7.62. The summed E-state index contributed by atoms with van der Waals surface area (Å²) >= 11 is 0. The third-order valence-electron chi connectivity index (χ3n) is 2.69. The quantitative estimate of drug-likeness (QED) is 0.302. The molecule has 0 saturated heterocycles. The van der Waals surface area contributed by atoms with Gasteiger partial charge in [-0.05, 0) is 5.53 Å². The molecule has 17 heavy (non-hydrogen) atoms. The third-order valence-corrected chi connectivity index (χ3v) is 6.86. The molecule has 0 aliphatic heterocycles. The van der Waals surface area contributed by atoms with E-state index in [1.165, 1.54) is 0 Å². The lowest BCUT2D eigenvalue weighted by Crippen LogP contribution is -2.29. The third kappa shape index (κ3) is 4.05. The molecule has 0 aliphatic carbocycles. The van der Waals surface area contributed by atoms with Gasteiger partial charge in [-0.25, -0.2) is 4.67 Å². The molecule has 0 radical (unpaired) electrons. The molecule has 7 heteroatoms. The Balaban J connectivity index is 5.15. The Morgan fingerprint density at radius 3 is 2.29 bits per heavy atom. The van der Waals surface area contributed by atoms with Crippen LogP contribution >= 0.6 is 7.29 Å². The first-order valence-electron chi connectivity index (χ1n) is 5.63. The fourth-order valence-electron chi connectivity index (χ4n) is 1.86. The summed E-state index contributed by atoms with van der Waals surface area (Å²) in [6.07, 6.45) is 0.282. The van der Waals surface area contributed by atoms with Gasteiger partial charge in [0, 0.05) is 29.2 Å². The van der Waals surface area contributed by atoms with Gasteiger partial charge in [-0.3, -0.25) is 0 Å². The van der Waals surface area contributed by atoms with Crippen molar-refractivity contribution in [1.82, 2.24) is 4.67 Å². The Hall–Kier alpha value is -1.01. The van der Waals surface area contributed by atoms with E-state index < -0.39 is 7.29 Å². The topological polar surface area (TPSA) is 92.9 Å². The van der Waals surface area contributed by atoms with Crippen LogP contribution in [0.5, 0.6) is 0 Å². The lowest BCUT2D eigenvalue weighted by molar-refractivity contribution is 0.412. The summed E-state index contributed by atoms with van der Waals surface area (Å²) in [4.78, 5) is 2.70. The molecule has 0 bridgehead atoms. The molecule has 0 spiro atoms. The Bertz CT molecular complexity index is 355. The minimum absolute atomic E-state index is 0.0184. The predicted molar refractivity (Wildman–Crippen MR) is 68.8 cm³/mol. The summed E-state index contributed by atoms with van der Waals surface area (Å²) in [7, 11) is -2.62. The van der Waals surface area contributed by atoms with E-state index in [1.807, 2.05) is 33.8 Å². The van der Waals surface area contributed by atoms with E-state index in [-0.39, 0.29) is 24.4 Å². The van der Waals surface area contributed by atoms with Crippen molar-refractivity contribution in [2.75, 3.05) is 13.2 Å². The molecule has 0 fully saturated rings. The number of nitriles is 1. The second-order valence-electron chi connectivity index (χ2n) is 4.37. The van der Waals surface area contributed by atoms with Gasteiger partial charge < -0.3 is 4.57 Å². The number of rotatable bonds is 7. The van der Waals surface area contributed by atoms with Crippen LogP contribution in [0.2, 0.25) is 0 Å². The lowest BCUT2D eigenvalue weighted by Gasteiger charge is -2.36. The van der Waals surface area contributed by atoms with E-state index in [9.17, 15) is 4.57 Å². The molecule has 6 nitrogen and oxygen atoms in total. The lowest BCUT2D eigenvalue weighted by atomic mass is 10.5. The van der Waals surface area contributed by atoms with E-state index in [0.717, 1.165) is 0 Å². The highest BCUT2D eigenvalue weighted by atomic mass is 31.2. The Morgan fingerprint density at radius 2 is 1.94 bits per heavy atom. The van der Waals surface area contributed by atoms with E-state index in [2.05, 4.69) is 10.0 Å². The molecule has 0 aliphatic rings. The van der Waals surface area contributed by atoms with Crippen LogP contribution in [0.4, 0.5) is 0 Å². The van der Waals surface area contributed by atoms with E-state index in [1.54, 1.807) is 4.67 Å². The van der Waals surface area contributed by atoms with Gasteiger partial charge in [0.1, 0.15) is 0 Å². The number of hydrogen-bond donors (Lipinski definition) is 0. The molecule has 0 aromatic carbocycles. The minimum atomic E-state index is -2.62. The molecular formula is C10H20N5OP. The van der Waals surface area contributed by atoms with Gasteiger partial charge in [0.25, 0.3) is 0 Å². The van der Waals surface area contributed by atoms with Crippen LogP contribution in [-0.2, 0) is 4.57 Å². The average Bonchev–Trinajstić information content (AvgIpc) is 2.27. The normalized spacial score (nSPS) is 11.6. The largest absolute Gasteiger partial charge is 0.306 e. The van der Waals surface area contributed by atoms with Gasteiger partial charge in [0.15, 0.2) is 7.29 Å². The van der Waals surface area contributed by atoms with Gasteiger partial charge in [-0.15, -0.1) is 0 Å². The Kier molecular flexibility index (Phi) is 6.91. The van der Waals surface area contributed by atoms with E-state index >= 15 is 0 Å². The van der Waals surface area contributed by atoms with Crippen molar-refractivity contribution in [3.8, 4) is 6.07 Å². The van der Waals surface area contributed by atoms with Crippen molar-refractivity contribution in [2.45, 2.75) is 45.4 Å². The summed E-state index contributed by atoms with van der Waals surface area (Å²) in [5, 5.41) is 12.1. The Labute approximate surface area is 103 Å². The summed E-state index contributed by atoms with van der Waals surface area (Å²) in [6.45, 7) is 8.04. The van der Waals surface area contributed by atoms with Crippen molar-refractivity contribution in [3.63, 3.8) is 0 Å². The molecule has 0 saturated carbocycles. The van der Waals surface area contributed by atoms with Crippen molar-refractivity contribution in [1.29, 1.82) is 5.26 Å². The maximum atomic E-state index is 13.0. The van der Waals surface area contributed by atoms with Crippen molar-refractivity contribution >= 4 is 7.29 Å². The SMILES string of the molecule is CC(C)P(=O)(C(C)C)N(CCC#N)CN=[N+]=[N-]. The number of nitrogens with zero attached hydrogens (tertiary/aromatic N) is 5. The average molecular weight is 257 g/mol. The standard InChI is InChI=1S/C10H20N5OP/c1-9(2)17(16,10(3)4)15(7-5-6-11)8-13-14-12/h9-10H,5,7-8H2,1-4H3. The van der Waals surface area contributed by atoms with E-state index in [0.29, 0.717) is 6.54 Å². The molecule has 0 heterocycles. The van der Waals surface area contributed by atoms with Gasteiger partial charge in [0.05, 0.1) is 12.7 Å². The monoisotopic (exact) mass is 257 g/mol. The fraction of sp³-hybridized carbons (Fsp3) is 0.900. The van der Waals surface area contributed by atoms with Gasteiger partial charge in [0.2, 0.25) is 0 Å². The summed E-state index contributed by atoms with van der Waals surface area (Å²) in [6, 6.07) is 2.03. The van der Waals surface area contributed by atoms with Crippen LogP contribution in [0, 0.1) is 11.3 Å². The molecule has 96 valence electrons. The Morgan fingerprint density at radius 1 is 1.41 bits per heavy atom. The molecule has 0 N–H and O–H groups in total. The van der Waals surface area contributed by atoms with Crippen LogP contribution in [0.3, 0.4) is 0 Å². The zero-order valence-corrected chi connectivity index (χ0v) is 11.8. The summed E-state index contributed by atoms with van der Waals surface area (Å²) in [5.74, 6) is 0. The summed E-state index contributed by atoms with van der Waals surface area (Å²) < 4.78 is 14.6. The van der Waals surface area contributed by atoms with Crippen LogP contribution in [0.1, 0.15) is 34.1 Å². The molecule has 0 amide bonds. The van der Waals surface area contributed by atoms with Crippen molar-refractivity contribution in [2.24, 2.45) is 5.11 Å². The first kappa shape index (κ1) is 16.0. The molecular weight excluding hydrogens is 237 g/mol. The first-order valence-corrected chi connectivity index (χ1v) is 7.43. The predicted octanol–water partition coefficient (Wildman–Crippen LogP) is 3.56. The molecule has 0 aromatic rings. The van der Waals surface area contributed by atoms with Crippen molar-refractivity contribution < 1.29 is 4.57 Å². The highest BCUT2D eigenvalue weighted by Crippen LogP contribution is 2.57. The smallest absolute Gasteiger partial charge is 0.155 e. The second kappa shape index (κ2) is 7.34. The van der Waals surface area contributed by atoms with Gasteiger partial charge in [-0.1, -0.05) is 32.8 Å². The van der Waals surface area contributed by atoms with Crippen molar-refractivity contribution in [3.05, 3.63) is 10.4 Å². The molecule has 0 atom stereocenters. The van der Waals surface area contributed by atoms with Crippen LogP contribution in [0.15, 0.2) is 5.11 Å². The molecule has 0 unspecified atom stereocenters. The van der Waals surface area contributed by atoms with Crippen LogP contribution in [0.25, 0.3) is 10.4 Å². The maximum Gasteiger partial charge on any atom is 0.155 e. The number of azide groups is 1. The maximum absolute atomic E-state index is 13.0. The van der Waals surface area contributed by atoms with Crippen LogP contribution in [-0.4, -0.2) is 29.2 Å². The molecule has 0 rings (SSSR count). The fourth-order valence-corrected chi connectivity index (χ4v) is 5.02. The minimum Gasteiger partial charge on any atom is -0.306 e. The summed E-state index contributed by atoms with van der Waals surface area (Å²) in [5.41, 5.74) is 8.32. The zero-order valence-electron chi connectivity index (χ0n) is 10.9. The van der Waals surface area contributed by atoms with E-state index in [4.69, 9.17) is 10.8 Å². The van der Waals surface area contributed by atoms with Crippen LogP contribution < -0.4 is 0 Å². The number of hydrogen-bond acceptors (Lipinski definition) is 3. The highest BCUT2D eigenvalue weighted by Gasteiger charge is 2.36. The van der Waals surface area contributed by atoms with Gasteiger partial charge >= 0.3 is 0 Å². The molecule has 0 aromatic heterocycles. The first-order chi connectivity index (χ1) is 7.91. The second-order valence-corrected chi connectivity index (χ2v) is 8.35.